The first-order valence-electron chi connectivity index (χ1n) is 9.10. The summed E-state index contributed by atoms with van der Waals surface area (Å²) in [7, 11) is -3.86. The fourth-order valence-electron chi connectivity index (χ4n) is 2.83. The van der Waals surface area contributed by atoms with Crippen LogP contribution in [0, 0.1) is 3.95 Å². The van der Waals surface area contributed by atoms with E-state index < -0.39 is 22.1 Å². The van der Waals surface area contributed by atoms with E-state index >= 15 is 0 Å². The van der Waals surface area contributed by atoms with Crippen LogP contribution < -0.4 is 14.8 Å². The fourth-order valence-corrected chi connectivity index (χ4v) is 4.49. The number of H-pyrrole nitrogens is 1. The number of benzene rings is 2. The Morgan fingerprint density at radius 2 is 1.87 bits per heavy atom. The summed E-state index contributed by atoms with van der Waals surface area (Å²) in [5.74, 6) is -0.760. The lowest BCUT2D eigenvalue weighted by molar-refractivity contribution is -0.137. The molecule has 4 N–H and O–H groups in total. The molecule has 0 aliphatic heterocycles. The summed E-state index contributed by atoms with van der Waals surface area (Å²) in [6.45, 7) is 0.239. The van der Waals surface area contributed by atoms with E-state index in [4.69, 9.17) is 27.2 Å². The molecule has 0 aliphatic carbocycles. The highest BCUT2D eigenvalue weighted by Gasteiger charge is 2.19. The van der Waals surface area contributed by atoms with E-state index in [2.05, 4.69) is 4.98 Å². The van der Waals surface area contributed by atoms with Crippen molar-refractivity contribution < 1.29 is 27.9 Å². The molecule has 2 aromatic carbocycles. The molecule has 9 nitrogen and oxygen atoms in total. The van der Waals surface area contributed by atoms with Gasteiger partial charge >= 0.3 is 12.1 Å². The van der Waals surface area contributed by atoms with Crippen molar-refractivity contribution in [1.29, 1.82) is 0 Å². The van der Waals surface area contributed by atoms with Crippen LogP contribution in [0.25, 0.3) is 10.2 Å². The molecule has 0 bridgehead atoms. The largest absolute Gasteiger partial charge is 0.481 e. The van der Waals surface area contributed by atoms with E-state index in [1.165, 1.54) is 40.5 Å². The topological polar surface area (TPSA) is 143 Å². The highest BCUT2D eigenvalue weighted by molar-refractivity contribution is 7.89. The number of ether oxygens (including phenoxy) is 1. The molecular formula is C19H19N3O6S3. The van der Waals surface area contributed by atoms with Gasteiger partial charge in [-0.3, -0.25) is 9.69 Å². The van der Waals surface area contributed by atoms with Gasteiger partial charge in [-0.1, -0.05) is 0 Å². The van der Waals surface area contributed by atoms with Gasteiger partial charge in [-0.2, -0.15) is 0 Å². The molecular weight excluding hydrogens is 462 g/mol. The Morgan fingerprint density at radius 1 is 1.16 bits per heavy atom. The molecule has 0 atom stereocenters. The zero-order valence-corrected chi connectivity index (χ0v) is 18.6. The van der Waals surface area contributed by atoms with Crippen molar-refractivity contribution in [2.75, 3.05) is 11.4 Å². The number of nitrogens with zero attached hydrogens (tertiary/aromatic N) is 1. The van der Waals surface area contributed by atoms with Gasteiger partial charge < -0.3 is 14.8 Å². The molecule has 31 heavy (non-hydrogen) atoms. The van der Waals surface area contributed by atoms with E-state index in [-0.39, 0.29) is 23.6 Å². The van der Waals surface area contributed by atoms with E-state index in [0.717, 1.165) is 10.2 Å². The summed E-state index contributed by atoms with van der Waals surface area (Å²) in [6.07, 6.45) is 0.160. The highest BCUT2D eigenvalue weighted by Crippen LogP contribution is 2.27. The molecule has 0 spiro atoms. The number of carboxylic acids is 1. The number of nitrogens with one attached hydrogen (secondary N) is 1. The number of fused-ring (bicyclic) bond motifs is 1. The van der Waals surface area contributed by atoms with Gasteiger partial charge in [-0.25, -0.2) is 18.4 Å². The molecule has 164 valence electrons. The minimum absolute atomic E-state index is 0.00383. The zero-order chi connectivity index (χ0) is 22.6. The van der Waals surface area contributed by atoms with Crippen molar-refractivity contribution in [3.63, 3.8) is 0 Å². The standard InChI is InChI=1S/C19H19N3O6S3/c20-31(26,27)14-7-5-13(6-8-14)28-19(25)22(10-2-1-3-17(23)24)12-4-9-15-16(11-12)30-18(29)21-15/h4-9,11H,1-3,10H2,(H,21,29)(H,23,24)(H2,20,26,27). The molecule has 1 amide bonds. The number of sulfonamides is 1. The fraction of sp³-hybridized carbons (Fsp3) is 0.211. The number of nitrogens with two attached hydrogens (primary N) is 1. The monoisotopic (exact) mass is 481 g/mol. The van der Waals surface area contributed by atoms with Crippen LogP contribution in [0.15, 0.2) is 47.4 Å². The number of primary sulfonamides is 1. The summed E-state index contributed by atoms with van der Waals surface area (Å²) in [5.41, 5.74) is 1.41. The first-order valence-corrected chi connectivity index (χ1v) is 11.9. The molecule has 3 aromatic rings. The second-order valence-electron chi connectivity index (χ2n) is 6.58. The number of carbonyl (C=O) groups excluding carboxylic acids is 1. The van der Waals surface area contributed by atoms with Crippen molar-refractivity contribution in [2.24, 2.45) is 5.14 Å². The van der Waals surface area contributed by atoms with Crippen LogP contribution in [-0.2, 0) is 14.8 Å². The average Bonchev–Trinajstić information content (AvgIpc) is 3.06. The predicted molar refractivity (Wildman–Crippen MR) is 120 cm³/mol. The van der Waals surface area contributed by atoms with Gasteiger partial charge in [0, 0.05) is 18.7 Å². The Kier molecular flexibility index (Phi) is 7.05. The number of unbranched alkanes of at least 4 members (excludes halogenated alkanes) is 1. The third-order valence-corrected chi connectivity index (χ3v) is 6.44. The Hall–Kier alpha value is -2.80. The second kappa shape index (κ2) is 9.56. The number of aromatic nitrogens is 1. The van der Waals surface area contributed by atoms with Crippen molar-refractivity contribution >= 4 is 61.5 Å². The van der Waals surface area contributed by atoms with Crippen LogP contribution in [0.3, 0.4) is 0 Å². The number of anilines is 1. The minimum Gasteiger partial charge on any atom is -0.481 e. The summed E-state index contributed by atoms with van der Waals surface area (Å²) in [6, 6.07) is 10.5. The third kappa shape index (κ3) is 6.10. The number of aliphatic carboxylic acids is 1. The maximum absolute atomic E-state index is 12.9. The number of amides is 1. The number of rotatable bonds is 8. The second-order valence-corrected chi connectivity index (χ2v) is 9.86. The lowest BCUT2D eigenvalue weighted by Gasteiger charge is -2.22. The number of carbonyl (C=O) groups is 2. The summed E-state index contributed by atoms with van der Waals surface area (Å²) >= 11 is 6.53. The number of aromatic amines is 1. The number of carboxylic acid groups (broad SMARTS) is 1. The van der Waals surface area contributed by atoms with E-state index in [1.54, 1.807) is 18.2 Å². The van der Waals surface area contributed by atoms with Gasteiger partial charge in [0.2, 0.25) is 10.0 Å². The molecule has 0 radical (unpaired) electrons. The molecule has 3 rings (SSSR count). The predicted octanol–water partition coefficient (Wildman–Crippen LogP) is 3.87. The lowest BCUT2D eigenvalue weighted by Crippen LogP contribution is -2.34. The van der Waals surface area contributed by atoms with Crippen molar-refractivity contribution in [3.8, 4) is 5.75 Å². The molecule has 1 heterocycles. The average molecular weight is 482 g/mol. The first kappa shape index (κ1) is 22.9. The van der Waals surface area contributed by atoms with Gasteiger partial charge in [0.05, 0.1) is 15.1 Å². The van der Waals surface area contributed by atoms with Gasteiger partial charge in [-0.05, 0) is 67.5 Å². The summed E-state index contributed by atoms with van der Waals surface area (Å²) in [4.78, 5) is 28.0. The van der Waals surface area contributed by atoms with Gasteiger partial charge in [0.1, 0.15) is 5.75 Å². The van der Waals surface area contributed by atoms with E-state index in [1.807, 2.05) is 0 Å². The SMILES string of the molecule is NS(=O)(=O)c1ccc(OC(=O)N(CCCCC(=O)O)c2ccc3[nH]c(=S)sc3c2)cc1. The smallest absolute Gasteiger partial charge is 0.419 e. The van der Waals surface area contributed by atoms with Gasteiger partial charge in [0.25, 0.3) is 0 Å². The first-order chi connectivity index (χ1) is 14.6. The molecule has 12 heteroatoms. The molecule has 0 saturated carbocycles. The van der Waals surface area contributed by atoms with Crippen LogP contribution in [0.5, 0.6) is 5.75 Å². The zero-order valence-electron chi connectivity index (χ0n) is 16.1. The number of thiazole rings is 1. The van der Waals surface area contributed by atoms with Crippen LogP contribution in [-0.4, -0.2) is 37.1 Å². The maximum Gasteiger partial charge on any atom is 0.419 e. The Labute approximate surface area is 187 Å². The van der Waals surface area contributed by atoms with Gasteiger partial charge in [0.15, 0.2) is 3.95 Å². The van der Waals surface area contributed by atoms with Crippen LogP contribution in [0.2, 0.25) is 0 Å². The molecule has 0 unspecified atom stereocenters. The van der Waals surface area contributed by atoms with Crippen molar-refractivity contribution in [1.82, 2.24) is 4.98 Å². The quantitative estimate of drug-likeness (QED) is 0.327. The van der Waals surface area contributed by atoms with Crippen molar-refractivity contribution in [2.45, 2.75) is 24.2 Å². The number of hydrogen-bond donors (Lipinski definition) is 3. The normalized spacial score (nSPS) is 11.4. The Morgan fingerprint density at radius 3 is 2.52 bits per heavy atom. The molecule has 0 fully saturated rings. The summed E-state index contributed by atoms with van der Waals surface area (Å²) < 4.78 is 29.6. The van der Waals surface area contributed by atoms with Crippen molar-refractivity contribution in [3.05, 3.63) is 46.4 Å². The minimum atomic E-state index is -3.86. The van der Waals surface area contributed by atoms with Crippen LogP contribution in [0.4, 0.5) is 10.5 Å². The van der Waals surface area contributed by atoms with Crippen LogP contribution >= 0.6 is 23.6 Å². The highest BCUT2D eigenvalue weighted by atomic mass is 32.2. The van der Waals surface area contributed by atoms with Crippen LogP contribution in [0.1, 0.15) is 19.3 Å². The molecule has 0 aliphatic rings. The molecule has 0 saturated heterocycles. The van der Waals surface area contributed by atoms with E-state index in [0.29, 0.717) is 22.5 Å². The van der Waals surface area contributed by atoms with Gasteiger partial charge in [-0.15, -0.1) is 11.3 Å². The molecule has 1 aromatic heterocycles. The lowest BCUT2D eigenvalue weighted by atomic mass is 10.2. The summed E-state index contributed by atoms with van der Waals surface area (Å²) in [5, 5.41) is 13.9. The third-order valence-electron chi connectivity index (χ3n) is 4.32. The maximum atomic E-state index is 12.9. The number of hydrogen-bond acceptors (Lipinski definition) is 7. The van der Waals surface area contributed by atoms with E-state index in [9.17, 15) is 18.0 Å². The Bertz CT molecular complexity index is 1270. The Balaban J connectivity index is 1.82.